The third-order valence-electron chi connectivity index (χ3n) is 1.47. The van der Waals surface area contributed by atoms with Gasteiger partial charge in [0.2, 0.25) is 0 Å². The van der Waals surface area contributed by atoms with Crippen molar-refractivity contribution in [3.63, 3.8) is 0 Å². The minimum atomic E-state index is -0.731. The molecular weight excluding hydrogens is 120 g/mol. The average molecular weight is 130 g/mol. The summed E-state index contributed by atoms with van der Waals surface area (Å²) in [6.07, 6.45) is 2.19. The molecular formula is C6H10O3. The van der Waals surface area contributed by atoms with Crippen LogP contribution in [0.3, 0.4) is 0 Å². The number of rotatable bonds is 3. The van der Waals surface area contributed by atoms with Gasteiger partial charge in [-0.1, -0.05) is 0 Å². The SMILES string of the molecule is O=C(O)CCC1CCO1. The van der Waals surface area contributed by atoms with Crippen molar-refractivity contribution in [2.24, 2.45) is 0 Å². The van der Waals surface area contributed by atoms with Gasteiger partial charge in [-0.15, -0.1) is 0 Å². The Morgan fingerprint density at radius 2 is 2.44 bits per heavy atom. The summed E-state index contributed by atoms with van der Waals surface area (Å²) in [7, 11) is 0. The van der Waals surface area contributed by atoms with Crippen LogP contribution in [0.5, 0.6) is 0 Å². The van der Waals surface area contributed by atoms with Crippen LogP contribution in [-0.4, -0.2) is 23.8 Å². The molecule has 0 aromatic rings. The van der Waals surface area contributed by atoms with Gasteiger partial charge in [-0.3, -0.25) is 4.79 Å². The fourth-order valence-electron chi connectivity index (χ4n) is 0.797. The van der Waals surface area contributed by atoms with E-state index >= 15 is 0 Å². The molecule has 1 aliphatic rings. The first kappa shape index (κ1) is 6.55. The third-order valence-corrected chi connectivity index (χ3v) is 1.47. The van der Waals surface area contributed by atoms with E-state index in [2.05, 4.69) is 0 Å². The van der Waals surface area contributed by atoms with Crippen LogP contribution < -0.4 is 0 Å². The Kier molecular flexibility index (Phi) is 2.05. The second kappa shape index (κ2) is 2.82. The normalized spacial score (nSPS) is 25.1. The Hall–Kier alpha value is -0.570. The van der Waals surface area contributed by atoms with Crippen LogP contribution in [0.2, 0.25) is 0 Å². The van der Waals surface area contributed by atoms with Crippen molar-refractivity contribution in [1.29, 1.82) is 0 Å². The molecule has 3 nitrogen and oxygen atoms in total. The summed E-state index contributed by atoms with van der Waals surface area (Å²) >= 11 is 0. The molecule has 1 rings (SSSR count). The van der Waals surface area contributed by atoms with Crippen LogP contribution >= 0.6 is 0 Å². The van der Waals surface area contributed by atoms with E-state index in [0.717, 1.165) is 13.0 Å². The van der Waals surface area contributed by atoms with Crippen LogP contribution in [0.1, 0.15) is 19.3 Å². The van der Waals surface area contributed by atoms with E-state index in [1.54, 1.807) is 0 Å². The first-order valence-electron chi connectivity index (χ1n) is 3.12. The number of carboxylic acids is 1. The fourth-order valence-corrected chi connectivity index (χ4v) is 0.797. The molecule has 1 atom stereocenters. The van der Waals surface area contributed by atoms with Gasteiger partial charge in [0.15, 0.2) is 0 Å². The maximum absolute atomic E-state index is 9.99. The molecule has 9 heavy (non-hydrogen) atoms. The predicted octanol–water partition coefficient (Wildman–Crippen LogP) is 0.640. The quantitative estimate of drug-likeness (QED) is 0.609. The summed E-state index contributed by atoms with van der Waals surface area (Å²) in [5.74, 6) is -0.731. The Labute approximate surface area is 53.6 Å². The van der Waals surface area contributed by atoms with Crippen molar-refractivity contribution in [2.75, 3.05) is 6.61 Å². The lowest BCUT2D eigenvalue weighted by molar-refractivity contribution is -0.139. The van der Waals surface area contributed by atoms with E-state index < -0.39 is 5.97 Å². The van der Waals surface area contributed by atoms with Crippen molar-refractivity contribution in [2.45, 2.75) is 25.4 Å². The van der Waals surface area contributed by atoms with Crippen molar-refractivity contribution < 1.29 is 14.6 Å². The fraction of sp³-hybridized carbons (Fsp3) is 0.833. The summed E-state index contributed by atoms with van der Waals surface area (Å²) in [5.41, 5.74) is 0. The van der Waals surface area contributed by atoms with E-state index in [4.69, 9.17) is 9.84 Å². The zero-order valence-electron chi connectivity index (χ0n) is 5.17. The summed E-state index contributed by atoms with van der Waals surface area (Å²) in [5, 5.41) is 8.23. The number of aliphatic carboxylic acids is 1. The summed E-state index contributed by atoms with van der Waals surface area (Å²) < 4.78 is 5.02. The Morgan fingerprint density at radius 1 is 1.78 bits per heavy atom. The molecule has 1 N–H and O–H groups in total. The number of carboxylic acid groups (broad SMARTS) is 1. The average Bonchev–Trinajstić information content (AvgIpc) is 1.60. The van der Waals surface area contributed by atoms with Crippen molar-refractivity contribution in [1.82, 2.24) is 0 Å². The number of ether oxygens (including phenoxy) is 1. The topological polar surface area (TPSA) is 46.5 Å². The lowest BCUT2D eigenvalue weighted by Gasteiger charge is -2.25. The first-order valence-corrected chi connectivity index (χ1v) is 3.12. The number of carbonyl (C=O) groups is 1. The molecule has 0 radical (unpaired) electrons. The third kappa shape index (κ3) is 2.01. The molecule has 0 amide bonds. The zero-order chi connectivity index (χ0) is 6.69. The largest absolute Gasteiger partial charge is 0.481 e. The van der Waals surface area contributed by atoms with Crippen LogP contribution in [0.25, 0.3) is 0 Å². The summed E-state index contributed by atoms with van der Waals surface area (Å²) in [4.78, 5) is 9.99. The molecule has 52 valence electrons. The number of hydrogen-bond acceptors (Lipinski definition) is 2. The van der Waals surface area contributed by atoms with E-state index in [0.29, 0.717) is 6.42 Å². The lowest BCUT2D eigenvalue weighted by Crippen LogP contribution is -2.27. The molecule has 0 aliphatic carbocycles. The summed E-state index contributed by atoms with van der Waals surface area (Å²) in [6.45, 7) is 0.810. The van der Waals surface area contributed by atoms with E-state index in [1.165, 1.54) is 0 Å². The van der Waals surface area contributed by atoms with Gasteiger partial charge in [-0.25, -0.2) is 0 Å². The molecule has 1 saturated heterocycles. The predicted molar refractivity (Wildman–Crippen MR) is 31.2 cm³/mol. The van der Waals surface area contributed by atoms with Crippen molar-refractivity contribution >= 4 is 5.97 Å². The van der Waals surface area contributed by atoms with Gasteiger partial charge in [-0.2, -0.15) is 0 Å². The van der Waals surface area contributed by atoms with Crippen molar-refractivity contribution in [3.05, 3.63) is 0 Å². The molecule has 0 aromatic heterocycles. The molecule has 3 heteroatoms. The highest BCUT2D eigenvalue weighted by Gasteiger charge is 2.18. The standard InChI is InChI=1S/C6H10O3/c7-6(8)2-1-5-3-4-9-5/h5H,1-4H2,(H,7,8). The molecule has 0 spiro atoms. The Balaban J connectivity index is 1.97. The van der Waals surface area contributed by atoms with Crippen LogP contribution in [-0.2, 0) is 9.53 Å². The smallest absolute Gasteiger partial charge is 0.303 e. The van der Waals surface area contributed by atoms with Gasteiger partial charge in [0, 0.05) is 13.0 Å². The molecule has 1 unspecified atom stereocenters. The van der Waals surface area contributed by atoms with Gasteiger partial charge in [0.1, 0.15) is 0 Å². The van der Waals surface area contributed by atoms with Crippen molar-refractivity contribution in [3.8, 4) is 0 Å². The van der Waals surface area contributed by atoms with Gasteiger partial charge in [0.25, 0.3) is 0 Å². The zero-order valence-corrected chi connectivity index (χ0v) is 5.17. The Morgan fingerprint density at radius 3 is 2.78 bits per heavy atom. The molecule has 0 saturated carbocycles. The highest BCUT2D eigenvalue weighted by atomic mass is 16.5. The van der Waals surface area contributed by atoms with E-state index in [1.807, 2.05) is 0 Å². The monoisotopic (exact) mass is 130 g/mol. The van der Waals surface area contributed by atoms with Crippen LogP contribution in [0.15, 0.2) is 0 Å². The molecule has 1 heterocycles. The van der Waals surface area contributed by atoms with Crippen LogP contribution in [0, 0.1) is 0 Å². The highest BCUT2D eigenvalue weighted by molar-refractivity contribution is 5.66. The second-order valence-electron chi connectivity index (χ2n) is 2.21. The first-order chi connectivity index (χ1) is 4.29. The van der Waals surface area contributed by atoms with Gasteiger partial charge in [0.05, 0.1) is 6.10 Å². The molecule has 0 bridgehead atoms. The van der Waals surface area contributed by atoms with E-state index in [-0.39, 0.29) is 12.5 Å². The molecule has 0 aromatic carbocycles. The maximum Gasteiger partial charge on any atom is 0.303 e. The Bertz CT molecular complexity index is 107. The molecule has 1 aliphatic heterocycles. The molecule has 1 fully saturated rings. The van der Waals surface area contributed by atoms with Gasteiger partial charge in [-0.05, 0) is 12.8 Å². The minimum Gasteiger partial charge on any atom is -0.481 e. The number of hydrogen-bond donors (Lipinski definition) is 1. The van der Waals surface area contributed by atoms with E-state index in [9.17, 15) is 4.79 Å². The van der Waals surface area contributed by atoms with Crippen LogP contribution in [0.4, 0.5) is 0 Å². The lowest BCUT2D eigenvalue weighted by atomic mass is 10.1. The van der Waals surface area contributed by atoms with Gasteiger partial charge >= 0.3 is 5.97 Å². The highest BCUT2D eigenvalue weighted by Crippen LogP contribution is 2.15. The van der Waals surface area contributed by atoms with Gasteiger partial charge < -0.3 is 9.84 Å². The maximum atomic E-state index is 9.99. The second-order valence-corrected chi connectivity index (χ2v) is 2.21. The minimum absolute atomic E-state index is 0.237. The summed E-state index contributed by atoms with van der Waals surface area (Å²) in [6, 6.07) is 0.